The molecule has 6 nitrogen and oxygen atoms in total. The maximum Gasteiger partial charge on any atom is 0.185 e. The molecule has 11 heavy (non-hydrogen) atoms. The van der Waals surface area contributed by atoms with Crippen LogP contribution in [0.5, 0.6) is 0 Å². The van der Waals surface area contributed by atoms with Crippen molar-refractivity contribution < 1.29 is 0 Å². The summed E-state index contributed by atoms with van der Waals surface area (Å²) in [4.78, 5) is 7.54. The summed E-state index contributed by atoms with van der Waals surface area (Å²) in [6.45, 7) is 1.18. The van der Waals surface area contributed by atoms with E-state index in [9.17, 15) is 0 Å². The van der Waals surface area contributed by atoms with Crippen molar-refractivity contribution in [2.75, 3.05) is 6.54 Å². The Morgan fingerprint density at radius 3 is 2.91 bits per heavy atom. The van der Waals surface area contributed by atoms with Gasteiger partial charge in [0.25, 0.3) is 0 Å². The smallest absolute Gasteiger partial charge is 0.185 e. The largest absolute Gasteiger partial charge is 0.370 e. The molecule has 0 spiro atoms. The average Bonchev–Trinajstić information content (AvgIpc) is 2.39. The van der Waals surface area contributed by atoms with Gasteiger partial charge in [-0.15, -0.1) is 0 Å². The zero-order valence-corrected chi connectivity index (χ0v) is 6.01. The molecule has 4 N–H and O–H groups in total. The van der Waals surface area contributed by atoms with Crippen LogP contribution in [-0.4, -0.2) is 27.3 Å². The molecular weight excluding hydrogens is 144 g/mol. The molecule has 0 atom stereocenters. The van der Waals surface area contributed by atoms with Crippen LogP contribution in [0.25, 0.3) is 0 Å². The Kier molecular flexibility index (Phi) is 2.42. The summed E-state index contributed by atoms with van der Waals surface area (Å²) in [5, 5.41) is 3.87. The van der Waals surface area contributed by atoms with Crippen molar-refractivity contribution in [2.45, 2.75) is 6.54 Å². The summed E-state index contributed by atoms with van der Waals surface area (Å²) >= 11 is 0. The fourth-order valence-electron chi connectivity index (χ4n) is 0.630. The summed E-state index contributed by atoms with van der Waals surface area (Å²) in [5.74, 6) is 0.102. The summed E-state index contributed by atoms with van der Waals surface area (Å²) in [6.07, 6.45) is 3.08. The van der Waals surface area contributed by atoms with E-state index in [1.807, 2.05) is 0 Å². The highest BCUT2D eigenvalue weighted by atomic mass is 15.3. The topological polar surface area (TPSA) is 95.1 Å². The molecule has 0 aliphatic heterocycles. The summed E-state index contributed by atoms with van der Waals surface area (Å²) < 4.78 is 1.66. The molecule has 0 amide bonds. The van der Waals surface area contributed by atoms with Gasteiger partial charge in [0.2, 0.25) is 0 Å². The number of aliphatic imine (C=N–C) groups is 1. The van der Waals surface area contributed by atoms with E-state index in [4.69, 9.17) is 11.5 Å². The van der Waals surface area contributed by atoms with E-state index in [1.165, 1.54) is 6.33 Å². The average molecular weight is 154 g/mol. The van der Waals surface area contributed by atoms with Gasteiger partial charge >= 0.3 is 0 Å². The van der Waals surface area contributed by atoms with Gasteiger partial charge in [0.05, 0.1) is 13.1 Å². The third kappa shape index (κ3) is 2.65. The van der Waals surface area contributed by atoms with E-state index in [0.717, 1.165) is 0 Å². The number of hydrogen-bond acceptors (Lipinski definition) is 3. The van der Waals surface area contributed by atoms with Gasteiger partial charge < -0.3 is 11.5 Å². The van der Waals surface area contributed by atoms with Crippen LogP contribution in [0.2, 0.25) is 0 Å². The van der Waals surface area contributed by atoms with Gasteiger partial charge in [0.1, 0.15) is 12.7 Å². The van der Waals surface area contributed by atoms with Crippen molar-refractivity contribution in [2.24, 2.45) is 16.5 Å². The van der Waals surface area contributed by atoms with Gasteiger partial charge in [-0.25, -0.2) is 4.98 Å². The second-order valence-electron chi connectivity index (χ2n) is 1.97. The fraction of sp³-hybridized carbons (Fsp3) is 0.400. The summed E-state index contributed by atoms with van der Waals surface area (Å²) in [5.41, 5.74) is 10.2. The highest BCUT2D eigenvalue weighted by Crippen LogP contribution is 1.79. The van der Waals surface area contributed by atoms with Gasteiger partial charge in [0.15, 0.2) is 5.96 Å². The molecule has 60 valence electrons. The summed E-state index contributed by atoms with van der Waals surface area (Å²) in [6, 6.07) is 0. The van der Waals surface area contributed by atoms with Crippen molar-refractivity contribution in [3.8, 4) is 0 Å². The maximum absolute atomic E-state index is 5.11. The van der Waals surface area contributed by atoms with Crippen LogP contribution >= 0.6 is 0 Å². The van der Waals surface area contributed by atoms with E-state index >= 15 is 0 Å². The number of nitrogens with two attached hydrogens (primary N) is 2. The Bertz CT molecular complexity index is 221. The lowest BCUT2D eigenvalue weighted by atomic mass is 10.6. The van der Waals surface area contributed by atoms with Gasteiger partial charge in [-0.1, -0.05) is 0 Å². The lowest BCUT2D eigenvalue weighted by Gasteiger charge is -1.95. The van der Waals surface area contributed by atoms with Gasteiger partial charge in [-0.05, 0) is 0 Å². The molecule has 1 rings (SSSR count). The molecule has 0 radical (unpaired) electrons. The van der Waals surface area contributed by atoms with E-state index in [-0.39, 0.29) is 5.96 Å². The second-order valence-corrected chi connectivity index (χ2v) is 1.97. The third-order valence-electron chi connectivity index (χ3n) is 1.09. The molecule has 0 saturated heterocycles. The van der Waals surface area contributed by atoms with Crippen LogP contribution in [0, 0.1) is 0 Å². The lowest BCUT2D eigenvalue weighted by molar-refractivity contribution is 0.624. The molecule has 0 bridgehead atoms. The number of guanidine groups is 1. The van der Waals surface area contributed by atoms with Crippen LogP contribution in [0.15, 0.2) is 17.6 Å². The number of aromatic nitrogens is 3. The van der Waals surface area contributed by atoms with E-state index in [2.05, 4.69) is 15.1 Å². The molecule has 6 heteroatoms. The van der Waals surface area contributed by atoms with Crippen molar-refractivity contribution in [1.29, 1.82) is 0 Å². The Morgan fingerprint density at radius 2 is 2.36 bits per heavy atom. The summed E-state index contributed by atoms with van der Waals surface area (Å²) in [7, 11) is 0. The molecule has 0 unspecified atom stereocenters. The highest BCUT2D eigenvalue weighted by Gasteiger charge is 1.88. The zero-order chi connectivity index (χ0) is 8.10. The van der Waals surface area contributed by atoms with Crippen LogP contribution in [-0.2, 0) is 6.54 Å². The number of hydrogen-bond donors (Lipinski definition) is 2. The lowest BCUT2D eigenvalue weighted by Crippen LogP contribution is -2.23. The van der Waals surface area contributed by atoms with Gasteiger partial charge in [-0.2, -0.15) is 5.10 Å². The standard InChI is InChI=1S/C5H10N6/c6-5(7)9-1-2-11-4-8-3-10-11/h3-4H,1-2H2,(H4,6,7,9). The van der Waals surface area contributed by atoms with Crippen LogP contribution in [0.1, 0.15) is 0 Å². The molecule has 0 aromatic carbocycles. The molecule has 1 aromatic heterocycles. The molecule has 1 heterocycles. The molecular formula is C5H10N6. The highest BCUT2D eigenvalue weighted by molar-refractivity contribution is 5.75. The first-order chi connectivity index (χ1) is 5.29. The molecule has 0 saturated carbocycles. The predicted octanol–water partition coefficient (Wildman–Crippen LogP) is -1.45. The minimum atomic E-state index is 0.102. The van der Waals surface area contributed by atoms with Gasteiger partial charge in [0, 0.05) is 0 Å². The van der Waals surface area contributed by atoms with Crippen molar-refractivity contribution in [3.63, 3.8) is 0 Å². The Hall–Kier alpha value is -1.59. The third-order valence-corrected chi connectivity index (χ3v) is 1.09. The minimum Gasteiger partial charge on any atom is -0.370 e. The van der Waals surface area contributed by atoms with E-state index in [0.29, 0.717) is 13.1 Å². The number of nitrogens with zero attached hydrogens (tertiary/aromatic N) is 4. The quantitative estimate of drug-likeness (QED) is 0.411. The van der Waals surface area contributed by atoms with E-state index < -0.39 is 0 Å². The van der Waals surface area contributed by atoms with Crippen LogP contribution < -0.4 is 11.5 Å². The Morgan fingerprint density at radius 1 is 1.55 bits per heavy atom. The van der Waals surface area contributed by atoms with Crippen molar-refractivity contribution in [3.05, 3.63) is 12.7 Å². The Balaban J connectivity index is 2.30. The zero-order valence-electron chi connectivity index (χ0n) is 6.01. The monoisotopic (exact) mass is 154 g/mol. The fourth-order valence-corrected chi connectivity index (χ4v) is 0.630. The minimum absolute atomic E-state index is 0.102. The van der Waals surface area contributed by atoms with Crippen molar-refractivity contribution >= 4 is 5.96 Å². The molecule has 1 aromatic rings. The molecule has 0 aliphatic rings. The predicted molar refractivity (Wildman–Crippen MR) is 40.7 cm³/mol. The first kappa shape index (κ1) is 7.52. The van der Waals surface area contributed by atoms with Crippen LogP contribution in [0.4, 0.5) is 0 Å². The van der Waals surface area contributed by atoms with E-state index in [1.54, 1.807) is 11.0 Å². The maximum atomic E-state index is 5.11. The molecule has 0 fully saturated rings. The second kappa shape index (κ2) is 3.55. The van der Waals surface area contributed by atoms with Gasteiger partial charge in [-0.3, -0.25) is 9.67 Å². The SMILES string of the molecule is NC(N)=NCCn1cncn1. The first-order valence-electron chi connectivity index (χ1n) is 3.17. The van der Waals surface area contributed by atoms with Crippen LogP contribution in [0.3, 0.4) is 0 Å². The first-order valence-corrected chi connectivity index (χ1v) is 3.17. The molecule has 0 aliphatic carbocycles. The number of rotatable bonds is 3. The van der Waals surface area contributed by atoms with Crippen molar-refractivity contribution in [1.82, 2.24) is 14.8 Å². The Labute approximate surface area is 63.9 Å². The normalized spacial score (nSPS) is 9.45.